The number of aliphatic hydroxyl groups is 2. The molecule has 0 saturated heterocycles. The summed E-state index contributed by atoms with van der Waals surface area (Å²) in [6.07, 6.45) is 1.31. The van der Waals surface area contributed by atoms with Crippen LogP contribution in [0.15, 0.2) is 10.8 Å². The molecule has 6 N–H and O–H groups in total. The zero-order chi connectivity index (χ0) is 11.3. The number of nitrogens with zero attached hydrogens (tertiary/aromatic N) is 2. The highest BCUT2D eigenvalue weighted by atomic mass is 79.9. The van der Waals surface area contributed by atoms with Gasteiger partial charge in [0.15, 0.2) is 5.82 Å². The summed E-state index contributed by atoms with van der Waals surface area (Å²) in [5.74, 6) is 6.09. The highest BCUT2D eigenvalue weighted by molar-refractivity contribution is 9.10. The fraction of sp³-hybridized carbons (Fsp3) is 0.429. The molecule has 1 aromatic heterocycles. The first-order chi connectivity index (χ1) is 7.22. The highest BCUT2D eigenvalue weighted by Gasteiger charge is 2.11. The number of aliphatic hydroxyl groups excluding tert-OH is 2. The average molecular weight is 278 g/mol. The zero-order valence-electron chi connectivity index (χ0n) is 7.81. The number of hydrogen-bond donors (Lipinski definition) is 5. The molecule has 1 aromatic rings. The van der Waals surface area contributed by atoms with Crippen molar-refractivity contribution in [1.82, 2.24) is 9.97 Å². The zero-order valence-corrected chi connectivity index (χ0v) is 9.40. The van der Waals surface area contributed by atoms with E-state index >= 15 is 0 Å². The average Bonchev–Trinajstić information content (AvgIpc) is 2.28. The Morgan fingerprint density at radius 2 is 1.93 bits per heavy atom. The monoisotopic (exact) mass is 277 g/mol. The third-order valence-electron chi connectivity index (χ3n) is 1.71. The number of hydrogen-bond acceptors (Lipinski definition) is 7. The van der Waals surface area contributed by atoms with Crippen LogP contribution >= 0.6 is 15.9 Å². The second kappa shape index (κ2) is 5.81. The fourth-order valence-corrected chi connectivity index (χ4v) is 1.35. The van der Waals surface area contributed by atoms with Gasteiger partial charge < -0.3 is 21.0 Å². The van der Waals surface area contributed by atoms with E-state index in [4.69, 9.17) is 16.1 Å². The molecule has 8 heteroatoms. The molecular weight excluding hydrogens is 266 g/mol. The van der Waals surface area contributed by atoms with Crippen molar-refractivity contribution in [2.24, 2.45) is 5.84 Å². The van der Waals surface area contributed by atoms with Gasteiger partial charge in [0.05, 0.1) is 19.3 Å². The molecule has 0 atom stereocenters. The maximum Gasteiger partial charge on any atom is 0.159 e. The van der Waals surface area contributed by atoms with E-state index < -0.39 is 6.04 Å². The molecule has 0 saturated carbocycles. The summed E-state index contributed by atoms with van der Waals surface area (Å²) in [5.41, 5.74) is 2.38. The Balaban J connectivity index is 2.85. The van der Waals surface area contributed by atoms with Gasteiger partial charge in [-0.2, -0.15) is 0 Å². The number of aromatic nitrogens is 2. The maximum absolute atomic E-state index is 8.88. The molecule has 0 amide bonds. The number of anilines is 2. The smallest absolute Gasteiger partial charge is 0.159 e. The number of nitrogens with one attached hydrogen (secondary N) is 2. The summed E-state index contributed by atoms with van der Waals surface area (Å²) in [6.45, 7) is -0.392. The van der Waals surface area contributed by atoms with Crippen LogP contribution in [0.2, 0.25) is 0 Å². The van der Waals surface area contributed by atoms with Gasteiger partial charge in [-0.3, -0.25) is 0 Å². The summed E-state index contributed by atoms with van der Waals surface area (Å²) in [7, 11) is 0. The number of halogens is 1. The Morgan fingerprint density at radius 1 is 1.33 bits per heavy atom. The van der Waals surface area contributed by atoms with Gasteiger partial charge in [0.2, 0.25) is 0 Å². The van der Waals surface area contributed by atoms with Crippen molar-refractivity contribution in [3.05, 3.63) is 10.8 Å². The van der Waals surface area contributed by atoms with Crippen LogP contribution in [0, 0.1) is 0 Å². The topological polar surface area (TPSA) is 116 Å². The lowest BCUT2D eigenvalue weighted by Crippen LogP contribution is -2.28. The Labute approximate surface area is 94.8 Å². The first kappa shape index (κ1) is 12.1. The van der Waals surface area contributed by atoms with Crippen molar-refractivity contribution in [2.75, 3.05) is 24.0 Å². The van der Waals surface area contributed by atoms with E-state index in [0.29, 0.717) is 16.1 Å². The molecule has 0 bridgehead atoms. The van der Waals surface area contributed by atoms with E-state index in [-0.39, 0.29) is 13.2 Å². The predicted octanol–water partition coefficient (Wildman–Crippen LogP) is -0.710. The van der Waals surface area contributed by atoms with Crippen LogP contribution in [0.1, 0.15) is 0 Å². The van der Waals surface area contributed by atoms with E-state index in [1.165, 1.54) is 6.33 Å². The molecule has 0 unspecified atom stereocenters. The number of hydrazine groups is 1. The van der Waals surface area contributed by atoms with Crippen molar-refractivity contribution in [2.45, 2.75) is 6.04 Å². The van der Waals surface area contributed by atoms with E-state index in [9.17, 15) is 0 Å². The molecule has 0 aliphatic rings. The molecular formula is C7H12BrN5O2. The first-order valence-corrected chi connectivity index (χ1v) is 4.97. The van der Waals surface area contributed by atoms with Gasteiger partial charge in [0.25, 0.3) is 0 Å². The van der Waals surface area contributed by atoms with E-state index in [1.807, 2.05) is 0 Å². The van der Waals surface area contributed by atoms with Crippen molar-refractivity contribution < 1.29 is 10.2 Å². The van der Waals surface area contributed by atoms with Crippen LogP contribution in [0.4, 0.5) is 11.6 Å². The molecule has 0 aromatic carbocycles. The SMILES string of the molecule is NNc1ncnc(NC(CO)CO)c1Br. The molecule has 0 aliphatic carbocycles. The fourth-order valence-electron chi connectivity index (χ4n) is 0.913. The van der Waals surface area contributed by atoms with Crippen LogP contribution in [-0.2, 0) is 0 Å². The molecule has 0 fully saturated rings. The van der Waals surface area contributed by atoms with Crippen LogP contribution in [-0.4, -0.2) is 39.4 Å². The molecule has 0 spiro atoms. The van der Waals surface area contributed by atoms with Crippen LogP contribution in [0.3, 0.4) is 0 Å². The number of nitrogen functional groups attached to an aromatic ring is 1. The van der Waals surface area contributed by atoms with E-state index in [0.717, 1.165) is 0 Å². The number of nitrogens with two attached hydrogens (primary N) is 1. The molecule has 7 nitrogen and oxygen atoms in total. The lowest BCUT2D eigenvalue weighted by Gasteiger charge is -2.15. The molecule has 1 rings (SSSR count). The van der Waals surface area contributed by atoms with Gasteiger partial charge in [0.1, 0.15) is 16.6 Å². The van der Waals surface area contributed by atoms with Crippen LogP contribution in [0.25, 0.3) is 0 Å². The summed E-state index contributed by atoms with van der Waals surface area (Å²) < 4.78 is 0.541. The quantitative estimate of drug-likeness (QED) is 0.357. The summed E-state index contributed by atoms with van der Waals surface area (Å²) in [5, 5.41) is 20.6. The Kier molecular flexibility index (Phi) is 4.69. The number of rotatable bonds is 5. The second-order valence-corrected chi connectivity index (χ2v) is 3.53. The van der Waals surface area contributed by atoms with Gasteiger partial charge in [-0.25, -0.2) is 15.8 Å². The minimum Gasteiger partial charge on any atom is -0.394 e. The summed E-state index contributed by atoms with van der Waals surface area (Å²) in [6, 6.07) is -0.471. The molecule has 15 heavy (non-hydrogen) atoms. The third kappa shape index (κ3) is 2.99. The predicted molar refractivity (Wildman–Crippen MR) is 59.1 cm³/mol. The Hall–Kier alpha value is -0.960. The molecule has 0 radical (unpaired) electrons. The highest BCUT2D eigenvalue weighted by Crippen LogP contribution is 2.25. The van der Waals surface area contributed by atoms with E-state index in [1.54, 1.807) is 0 Å². The van der Waals surface area contributed by atoms with Gasteiger partial charge in [-0.05, 0) is 15.9 Å². The van der Waals surface area contributed by atoms with Gasteiger partial charge in [0, 0.05) is 0 Å². The first-order valence-electron chi connectivity index (χ1n) is 4.18. The van der Waals surface area contributed by atoms with Gasteiger partial charge in [-0.15, -0.1) is 0 Å². The molecule has 84 valence electrons. The Bertz CT molecular complexity index is 320. The molecule has 1 heterocycles. The minimum absolute atomic E-state index is 0.196. The van der Waals surface area contributed by atoms with Crippen molar-refractivity contribution in [3.63, 3.8) is 0 Å². The van der Waals surface area contributed by atoms with E-state index in [2.05, 4.69) is 36.6 Å². The molecule has 0 aliphatic heterocycles. The maximum atomic E-state index is 8.88. The lowest BCUT2D eigenvalue weighted by molar-refractivity contribution is 0.203. The van der Waals surface area contributed by atoms with Crippen molar-refractivity contribution >= 4 is 27.6 Å². The summed E-state index contributed by atoms with van der Waals surface area (Å²) >= 11 is 3.24. The van der Waals surface area contributed by atoms with Gasteiger partial charge in [-0.1, -0.05) is 0 Å². The van der Waals surface area contributed by atoms with Crippen molar-refractivity contribution in [3.8, 4) is 0 Å². The lowest BCUT2D eigenvalue weighted by atomic mass is 10.3. The third-order valence-corrected chi connectivity index (χ3v) is 2.46. The van der Waals surface area contributed by atoms with Crippen LogP contribution in [0.5, 0.6) is 0 Å². The largest absolute Gasteiger partial charge is 0.394 e. The summed E-state index contributed by atoms with van der Waals surface area (Å²) in [4.78, 5) is 7.79. The second-order valence-electron chi connectivity index (χ2n) is 2.74. The van der Waals surface area contributed by atoms with Crippen LogP contribution < -0.4 is 16.6 Å². The van der Waals surface area contributed by atoms with Gasteiger partial charge >= 0.3 is 0 Å². The van der Waals surface area contributed by atoms with Crippen molar-refractivity contribution in [1.29, 1.82) is 0 Å². The Morgan fingerprint density at radius 3 is 2.47 bits per heavy atom. The minimum atomic E-state index is -0.471. The standard InChI is InChI=1S/C7H12BrN5O2/c8-5-6(12-4(1-14)2-15)10-3-11-7(5)13-9/h3-4,14-15H,1-2,9H2,(H2,10,11,12,13). The normalized spacial score (nSPS) is 10.5.